The fourth-order valence-electron chi connectivity index (χ4n) is 3.83. The molecule has 1 unspecified atom stereocenters. The van der Waals surface area contributed by atoms with Crippen LogP contribution >= 0.6 is 0 Å². The van der Waals surface area contributed by atoms with E-state index in [0.29, 0.717) is 6.04 Å². The molecule has 5 nitrogen and oxygen atoms in total. The highest BCUT2D eigenvalue weighted by atomic mass is 15.3. The third kappa shape index (κ3) is 2.39. The quantitative estimate of drug-likeness (QED) is 0.847. The SMILES string of the molecule is Cc1cc2c(N3CCCC(N4CCCC4)C3)nccn2n1. The van der Waals surface area contributed by atoms with Crippen LogP contribution in [0.2, 0.25) is 0 Å². The summed E-state index contributed by atoms with van der Waals surface area (Å²) >= 11 is 0. The van der Waals surface area contributed by atoms with E-state index < -0.39 is 0 Å². The first-order valence-electron chi connectivity index (χ1n) is 8.11. The van der Waals surface area contributed by atoms with Crippen LogP contribution in [0.25, 0.3) is 5.52 Å². The number of aryl methyl sites for hydroxylation is 1. The highest BCUT2D eigenvalue weighted by Gasteiger charge is 2.28. The van der Waals surface area contributed by atoms with Gasteiger partial charge >= 0.3 is 0 Å². The standard InChI is InChI=1S/C16H23N5/c1-13-11-15-16(17-6-10-21(15)18-13)20-9-4-5-14(12-20)19-7-2-3-8-19/h6,10-11,14H,2-5,7-9,12H2,1H3. The van der Waals surface area contributed by atoms with E-state index in [1.807, 2.05) is 23.8 Å². The fraction of sp³-hybridized carbons (Fsp3) is 0.625. The van der Waals surface area contributed by atoms with Gasteiger partial charge in [0.1, 0.15) is 5.52 Å². The zero-order valence-electron chi connectivity index (χ0n) is 12.7. The van der Waals surface area contributed by atoms with Gasteiger partial charge < -0.3 is 4.90 Å². The van der Waals surface area contributed by atoms with E-state index in [0.717, 1.165) is 30.1 Å². The molecule has 2 aliphatic heterocycles. The summed E-state index contributed by atoms with van der Waals surface area (Å²) in [5.41, 5.74) is 2.19. The van der Waals surface area contributed by atoms with Gasteiger partial charge in [0.05, 0.1) is 5.69 Å². The number of hydrogen-bond donors (Lipinski definition) is 0. The van der Waals surface area contributed by atoms with Crippen molar-refractivity contribution in [3.05, 3.63) is 24.2 Å². The van der Waals surface area contributed by atoms with E-state index in [1.165, 1.54) is 38.8 Å². The molecule has 2 fully saturated rings. The maximum Gasteiger partial charge on any atom is 0.154 e. The summed E-state index contributed by atoms with van der Waals surface area (Å²) in [7, 11) is 0. The van der Waals surface area contributed by atoms with Crippen LogP contribution in [0.3, 0.4) is 0 Å². The van der Waals surface area contributed by atoms with Gasteiger partial charge in [-0.1, -0.05) is 0 Å². The van der Waals surface area contributed by atoms with Gasteiger partial charge in [-0.2, -0.15) is 5.10 Å². The monoisotopic (exact) mass is 285 g/mol. The Kier molecular flexibility index (Phi) is 3.30. The van der Waals surface area contributed by atoms with Gasteiger partial charge in [0.15, 0.2) is 5.82 Å². The molecule has 4 rings (SSSR count). The van der Waals surface area contributed by atoms with Crippen LogP contribution < -0.4 is 4.90 Å². The average Bonchev–Trinajstić information content (AvgIpc) is 3.15. The first kappa shape index (κ1) is 13.1. The minimum Gasteiger partial charge on any atom is -0.353 e. The molecular formula is C16H23N5. The smallest absolute Gasteiger partial charge is 0.154 e. The molecule has 1 atom stereocenters. The van der Waals surface area contributed by atoms with E-state index in [1.54, 1.807) is 0 Å². The molecule has 0 aliphatic carbocycles. The lowest BCUT2D eigenvalue weighted by atomic mass is 10.0. The number of nitrogens with zero attached hydrogens (tertiary/aromatic N) is 5. The molecule has 0 N–H and O–H groups in total. The molecule has 4 heterocycles. The summed E-state index contributed by atoms with van der Waals surface area (Å²) in [5.74, 6) is 1.10. The Hall–Kier alpha value is -1.62. The summed E-state index contributed by atoms with van der Waals surface area (Å²) in [6.45, 7) is 6.82. The maximum atomic E-state index is 4.65. The second-order valence-electron chi connectivity index (χ2n) is 6.35. The lowest BCUT2D eigenvalue weighted by Crippen LogP contribution is -2.47. The Morgan fingerprint density at radius 2 is 2.00 bits per heavy atom. The van der Waals surface area contributed by atoms with Crippen molar-refractivity contribution < 1.29 is 0 Å². The van der Waals surface area contributed by atoms with E-state index in [2.05, 4.69) is 25.9 Å². The number of piperidine rings is 1. The number of rotatable bonds is 2. The number of aromatic nitrogens is 3. The van der Waals surface area contributed by atoms with Crippen molar-refractivity contribution in [1.29, 1.82) is 0 Å². The molecule has 2 aromatic heterocycles. The predicted molar refractivity (Wildman–Crippen MR) is 83.8 cm³/mol. The van der Waals surface area contributed by atoms with Crippen molar-refractivity contribution in [2.75, 3.05) is 31.1 Å². The molecule has 21 heavy (non-hydrogen) atoms. The minimum absolute atomic E-state index is 0.701. The summed E-state index contributed by atoms with van der Waals surface area (Å²) in [6, 6.07) is 2.84. The van der Waals surface area contributed by atoms with Crippen LogP contribution in [-0.2, 0) is 0 Å². The van der Waals surface area contributed by atoms with E-state index in [4.69, 9.17) is 0 Å². The van der Waals surface area contributed by atoms with Crippen LogP contribution in [0.15, 0.2) is 18.5 Å². The normalized spacial score (nSPS) is 24.0. The molecule has 0 bridgehead atoms. The van der Waals surface area contributed by atoms with Gasteiger partial charge in [0.25, 0.3) is 0 Å². The zero-order valence-corrected chi connectivity index (χ0v) is 12.7. The first-order chi connectivity index (χ1) is 10.3. The Morgan fingerprint density at radius 1 is 1.14 bits per heavy atom. The molecule has 2 aliphatic rings. The number of likely N-dealkylation sites (tertiary alicyclic amines) is 1. The largest absolute Gasteiger partial charge is 0.353 e. The van der Waals surface area contributed by atoms with E-state index in [-0.39, 0.29) is 0 Å². The number of anilines is 1. The highest BCUT2D eigenvalue weighted by molar-refractivity contribution is 5.69. The molecular weight excluding hydrogens is 262 g/mol. The number of hydrogen-bond acceptors (Lipinski definition) is 4. The van der Waals surface area contributed by atoms with Crippen molar-refractivity contribution in [1.82, 2.24) is 19.5 Å². The summed E-state index contributed by atoms with van der Waals surface area (Å²) in [5, 5.41) is 4.50. The molecule has 0 amide bonds. The van der Waals surface area contributed by atoms with Crippen molar-refractivity contribution in [3.63, 3.8) is 0 Å². The van der Waals surface area contributed by atoms with Crippen molar-refractivity contribution >= 4 is 11.3 Å². The second kappa shape index (κ2) is 5.30. The third-order valence-corrected chi connectivity index (χ3v) is 4.84. The molecule has 0 spiro atoms. The summed E-state index contributed by atoms with van der Waals surface area (Å²) in [6.07, 6.45) is 9.13. The van der Waals surface area contributed by atoms with E-state index >= 15 is 0 Å². The van der Waals surface area contributed by atoms with Crippen molar-refractivity contribution in [3.8, 4) is 0 Å². The van der Waals surface area contributed by atoms with Crippen LogP contribution in [0.5, 0.6) is 0 Å². The Bertz CT molecular complexity index is 629. The molecule has 2 aromatic rings. The highest BCUT2D eigenvalue weighted by Crippen LogP contribution is 2.26. The van der Waals surface area contributed by atoms with Crippen LogP contribution in [-0.4, -0.2) is 51.7 Å². The Morgan fingerprint density at radius 3 is 2.86 bits per heavy atom. The molecule has 0 aromatic carbocycles. The Labute approximate surface area is 125 Å². The molecule has 0 radical (unpaired) electrons. The molecule has 0 saturated carbocycles. The Balaban J connectivity index is 1.61. The lowest BCUT2D eigenvalue weighted by molar-refractivity contribution is 0.215. The summed E-state index contributed by atoms with van der Waals surface area (Å²) < 4.78 is 1.96. The average molecular weight is 285 g/mol. The van der Waals surface area contributed by atoms with Gasteiger partial charge in [0, 0.05) is 31.5 Å². The molecule has 5 heteroatoms. The topological polar surface area (TPSA) is 36.7 Å². The maximum absolute atomic E-state index is 4.65. The van der Waals surface area contributed by atoms with Gasteiger partial charge in [-0.3, -0.25) is 4.90 Å². The third-order valence-electron chi connectivity index (χ3n) is 4.84. The van der Waals surface area contributed by atoms with E-state index in [9.17, 15) is 0 Å². The van der Waals surface area contributed by atoms with Crippen LogP contribution in [0.1, 0.15) is 31.4 Å². The van der Waals surface area contributed by atoms with Crippen LogP contribution in [0, 0.1) is 6.92 Å². The van der Waals surface area contributed by atoms with Crippen LogP contribution in [0.4, 0.5) is 5.82 Å². The van der Waals surface area contributed by atoms with Gasteiger partial charge in [-0.05, 0) is 51.8 Å². The zero-order chi connectivity index (χ0) is 14.2. The van der Waals surface area contributed by atoms with Gasteiger partial charge in [0.2, 0.25) is 0 Å². The summed E-state index contributed by atoms with van der Waals surface area (Å²) in [4.78, 5) is 9.79. The second-order valence-corrected chi connectivity index (χ2v) is 6.35. The lowest BCUT2D eigenvalue weighted by Gasteiger charge is -2.38. The van der Waals surface area contributed by atoms with Crippen molar-refractivity contribution in [2.45, 2.75) is 38.6 Å². The van der Waals surface area contributed by atoms with Gasteiger partial charge in [-0.15, -0.1) is 0 Å². The number of fused-ring (bicyclic) bond motifs is 1. The molecule has 112 valence electrons. The minimum atomic E-state index is 0.701. The fourth-order valence-corrected chi connectivity index (χ4v) is 3.83. The van der Waals surface area contributed by atoms with Crippen molar-refractivity contribution in [2.24, 2.45) is 0 Å². The van der Waals surface area contributed by atoms with Gasteiger partial charge in [-0.25, -0.2) is 9.50 Å². The predicted octanol–water partition coefficient (Wildman–Crippen LogP) is 2.10. The molecule has 2 saturated heterocycles. The first-order valence-corrected chi connectivity index (χ1v) is 8.11.